The highest BCUT2D eigenvalue weighted by Crippen LogP contribution is 2.18. The second-order valence-electron chi connectivity index (χ2n) is 5.87. The lowest BCUT2D eigenvalue weighted by atomic mass is 10.1. The van der Waals surface area contributed by atoms with Gasteiger partial charge in [0.2, 0.25) is 0 Å². The number of nitrogens with zero attached hydrogens (tertiary/aromatic N) is 4. The third kappa shape index (κ3) is 3.59. The maximum absolute atomic E-state index is 12.5. The zero-order chi connectivity index (χ0) is 19.6. The number of fused-ring (bicyclic) bond motifs is 1. The highest BCUT2D eigenvalue weighted by molar-refractivity contribution is 7.89. The molecule has 3 aromatic carbocycles. The number of sulfonamides is 1. The SMILES string of the molecule is O=C(NNS(=O)(=O)c1ccc2ccccc2c1)c1ccc(-n2cnnn2)cc1. The van der Waals surface area contributed by atoms with Crippen LogP contribution in [-0.4, -0.2) is 34.5 Å². The van der Waals surface area contributed by atoms with E-state index in [0.717, 1.165) is 10.8 Å². The number of carbonyl (C=O) groups excluding carboxylic acids is 1. The number of carbonyl (C=O) groups is 1. The zero-order valence-corrected chi connectivity index (χ0v) is 15.2. The first-order chi connectivity index (χ1) is 13.5. The molecular formula is C18H14N6O3S. The Morgan fingerprint density at radius 3 is 2.39 bits per heavy atom. The lowest BCUT2D eigenvalue weighted by molar-refractivity contribution is 0.0945. The molecule has 0 unspecified atom stereocenters. The van der Waals surface area contributed by atoms with Crippen LogP contribution in [0.1, 0.15) is 10.4 Å². The number of benzene rings is 3. The van der Waals surface area contributed by atoms with Gasteiger partial charge in [0.05, 0.1) is 10.6 Å². The van der Waals surface area contributed by atoms with Gasteiger partial charge in [-0.15, -0.1) is 9.93 Å². The molecule has 0 aliphatic rings. The van der Waals surface area contributed by atoms with Crippen LogP contribution in [0.3, 0.4) is 0 Å². The van der Waals surface area contributed by atoms with Crippen LogP contribution < -0.4 is 10.3 Å². The first kappa shape index (κ1) is 17.8. The smallest absolute Gasteiger partial charge is 0.266 e. The van der Waals surface area contributed by atoms with Gasteiger partial charge in [0, 0.05) is 5.56 Å². The normalized spacial score (nSPS) is 11.4. The minimum Gasteiger partial charge on any atom is -0.273 e. The molecule has 9 nitrogen and oxygen atoms in total. The summed E-state index contributed by atoms with van der Waals surface area (Å²) >= 11 is 0. The highest BCUT2D eigenvalue weighted by Gasteiger charge is 2.16. The first-order valence-electron chi connectivity index (χ1n) is 8.17. The van der Waals surface area contributed by atoms with Crippen LogP contribution in [0.2, 0.25) is 0 Å². The van der Waals surface area contributed by atoms with Crippen molar-refractivity contribution in [2.24, 2.45) is 0 Å². The van der Waals surface area contributed by atoms with Crippen LogP contribution in [0.25, 0.3) is 16.5 Å². The van der Waals surface area contributed by atoms with Crippen molar-refractivity contribution in [2.75, 3.05) is 0 Å². The Morgan fingerprint density at radius 1 is 0.929 bits per heavy atom. The second kappa shape index (κ2) is 7.18. The Kier molecular flexibility index (Phi) is 4.55. The molecule has 0 aliphatic carbocycles. The summed E-state index contributed by atoms with van der Waals surface area (Å²) in [5.74, 6) is -0.590. The van der Waals surface area contributed by atoms with Gasteiger partial charge in [0.1, 0.15) is 6.33 Å². The fourth-order valence-corrected chi connectivity index (χ4v) is 3.50. The van der Waals surface area contributed by atoms with Gasteiger partial charge in [-0.2, -0.15) is 0 Å². The Balaban J connectivity index is 1.47. The molecular weight excluding hydrogens is 380 g/mol. The molecule has 0 spiro atoms. The predicted octanol–water partition coefficient (Wildman–Crippen LogP) is 1.44. The summed E-state index contributed by atoms with van der Waals surface area (Å²) in [4.78, 5) is 14.4. The summed E-state index contributed by atoms with van der Waals surface area (Å²) in [5.41, 5.74) is 3.16. The van der Waals surface area contributed by atoms with E-state index in [2.05, 4.69) is 25.8 Å². The fourth-order valence-electron chi connectivity index (χ4n) is 2.62. The van der Waals surface area contributed by atoms with Crippen LogP contribution in [0.4, 0.5) is 0 Å². The fraction of sp³-hybridized carbons (Fsp3) is 0. The van der Waals surface area contributed by atoms with Crippen LogP contribution in [-0.2, 0) is 10.0 Å². The predicted molar refractivity (Wildman–Crippen MR) is 101 cm³/mol. The molecule has 0 atom stereocenters. The Labute approximate surface area is 160 Å². The van der Waals surface area contributed by atoms with Gasteiger partial charge in [-0.1, -0.05) is 30.3 Å². The summed E-state index contributed by atoms with van der Waals surface area (Å²) in [7, 11) is -3.91. The van der Waals surface area contributed by atoms with Crippen molar-refractivity contribution in [3.63, 3.8) is 0 Å². The van der Waals surface area contributed by atoms with Crippen LogP contribution in [0, 0.1) is 0 Å². The molecule has 0 bridgehead atoms. The molecule has 4 aromatic rings. The molecule has 140 valence electrons. The molecule has 0 radical (unpaired) electrons. The summed E-state index contributed by atoms with van der Waals surface area (Å²) < 4.78 is 26.4. The van der Waals surface area contributed by atoms with Gasteiger partial charge >= 0.3 is 0 Å². The number of hydrogen-bond acceptors (Lipinski definition) is 6. The molecule has 0 saturated heterocycles. The topological polar surface area (TPSA) is 119 Å². The van der Waals surface area contributed by atoms with E-state index in [9.17, 15) is 13.2 Å². The molecule has 28 heavy (non-hydrogen) atoms. The lowest BCUT2D eigenvalue weighted by Gasteiger charge is -2.09. The Morgan fingerprint density at radius 2 is 1.68 bits per heavy atom. The average Bonchev–Trinajstić information content (AvgIpc) is 3.27. The third-order valence-electron chi connectivity index (χ3n) is 4.07. The van der Waals surface area contributed by atoms with Gasteiger partial charge in [0.25, 0.3) is 15.9 Å². The summed E-state index contributed by atoms with van der Waals surface area (Å²) in [6.07, 6.45) is 1.42. The Hall–Kier alpha value is -3.63. The van der Waals surface area contributed by atoms with E-state index in [0.29, 0.717) is 5.69 Å². The van der Waals surface area contributed by atoms with Gasteiger partial charge in [-0.05, 0) is 57.6 Å². The van der Waals surface area contributed by atoms with Crippen molar-refractivity contribution in [3.05, 3.63) is 78.6 Å². The molecule has 1 aromatic heterocycles. The Bertz CT molecular complexity index is 1240. The minimum absolute atomic E-state index is 0.0560. The van der Waals surface area contributed by atoms with Crippen molar-refractivity contribution in [1.82, 2.24) is 30.5 Å². The van der Waals surface area contributed by atoms with Gasteiger partial charge in [-0.3, -0.25) is 10.2 Å². The standard InChI is InChI=1S/C18H14N6O3S/c25-18(14-5-8-16(9-6-14)24-12-19-21-22-24)20-23-28(26,27)17-10-7-13-3-1-2-4-15(13)11-17/h1-12,23H,(H,20,25). The van der Waals surface area contributed by atoms with Gasteiger partial charge in [-0.25, -0.2) is 13.1 Å². The highest BCUT2D eigenvalue weighted by atomic mass is 32.2. The first-order valence-corrected chi connectivity index (χ1v) is 9.66. The molecule has 10 heteroatoms. The van der Waals surface area contributed by atoms with Crippen LogP contribution >= 0.6 is 0 Å². The maximum Gasteiger partial charge on any atom is 0.266 e. The summed E-state index contributed by atoms with van der Waals surface area (Å²) in [5, 5.41) is 12.5. The third-order valence-corrected chi connectivity index (χ3v) is 5.32. The number of hydrazine groups is 1. The van der Waals surface area contributed by atoms with Crippen molar-refractivity contribution in [2.45, 2.75) is 4.90 Å². The van der Waals surface area contributed by atoms with E-state index in [1.54, 1.807) is 24.3 Å². The van der Waals surface area contributed by atoms with Crippen molar-refractivity contribution in [1.29, 1.82) is 0 Å². The van der Waals surface area contributed by atoms with E-state index < -0.39 is 15.9 Å². The number of nitrogens with one attached hydrogen (secondary N) is 2. The summed E-state index contributed by atoms with van der Waals surface area (Å²) in [6.45, 7) is 0. The van der Waals surface area contributed by atoms with E-state index in [1.165, 1.54) is 29.2 Å². The van der Waals surface area contributed by atoms with Crippen molar-refractivity contribution < 1.29 is 13.2 Å². The zero-order valence-electron chi connectivity index (χ0n) is 14.4. The van der Waals surface area contributed by atoms with E-state index in [1.807, 2.05) is 24.3 Å². The number of hydrogen-bond donors (Lipinski definition) is 2. The number of aromatic nitrogens is 4. The quantitative estimate of drug-likeness (QED) is 0.495. The molecule has 4 rings (SSSR count). The molecule has 0 fully saturated rings. The number of tetrazole rings is 1. The molecule has 2 N–H and O–H groups in total. The number of rotatable bonds is 5. The number of amides is 1. The summed E-state index contributed by atoms with van der Waals surface area (Å²) in [6, 6.07) is 18.5. The largest absolute Gasteiger partial charge is 0.273 e. The van der Waals surface area contributed by atoms with E-state index in [-0.39, 0.29) is 10.5 Å². The molecule has 0 aliphatic heterocycles. The van der Waals surface area contributed by atoms with Crippen molar-refractivity contribution in [3.8, 4) is 5.69 Å². The average molecular weight is 394 g/mol. The van der Waals surface area contributed by atoms with Gasteiger partial charge in [0.15, 0.2) is 0 Å². The molecule has 0 saturated carbocycles. The van der Waals surface area contributed by atoms with Crippen LogP contribution in [0.5, 0.6) is 0 Å². The van der Waals surface area contributed by atoms with E-state index >= 15 is 0 Å². The minimum atomic E-state index is -3.91. The van der Waals surface area contributed by atoms with Crippen LogP contribution in [0.15, 0.2) is 78.0 Å². The lowest BCUT2D eigenvalue weighted by Crippen LogP contribution is -2.41. The maximum atomic E-state index is 12.5. The van der Waals surface area contributed by atoms with E-state index in [4.69, 9.17) is 0 Å². The monoisotopic (exact) mass is 394 g/mol. The molecule has 1 heterocycles. The second-order valence-corrected chi connectivity index (χ2v) is 7.55. The van der Waals surface area contributed by atoms with Crippen molar-refractivity contribution >= 4 is 26.7 Å². The van der Waals surface area contributed by atoms with Gasteiger partial charge < -0.3 is 0 Å². The molecule has 1 amide bonds.